The molecule has 0 bridgehead atoms. The molecule has 0 radical (unpaired) electrons. The second-order valence-electron chi connectivity index (χ2n) is 5.46. The van der Waals surface area contributed by atoms with Crippen molar-refractivity contribution in [1.82, 2.24) is 9.55 Å². The van der Waals surface area contributed by atoms with Crippen LogP contribution in [0.1, 0.15) is 42.4 Å². The van der Waals surface area contributed by atoms with E-state index in [9.17, 15) is 9.90 Å². The normalized spacial score (nSPS) is 17.1. The Kier molecular flexibility index (Phi) is 3.01. The lowest BCUT2D eigenvalue weighted by Gasteiger charge is -2.43. The van der Waals surface area contributed by atoms with Crippen LogP contribution >= 0.6 is 0 Å². The Morgan fingerprint density at radius 3 is 2.70 bits per heavy atom. The molecule has 1 aromatic heterocycles. The summed E-state index contributed by atoms with van der Waals surface area (Å²) in [6, 6.07) is 4.99. The number of carbonyl (C=O) groups is 1. The van der Waals surface area contributed by atoms with Crippen molar-refractivity contribution in [2.75, 3.05) is 6.61 Å². The Labute approximate surface area is 116 Å². The first-order valence-corrected chi connectivity index (χ1v) is 6.97. The fraction of sp³-hybridized carbons (Fsp3) is 0.467. The molecular weight excluding hydrogens is 256 g/mol. The molecule has 0 aliphatic heterocycles. The number of aliphatic hydroxyl groups is 1. The van der Waals surface area contributed by atoms with Gasteiger partial charge in [-0.2, -0.15) is 0 Å². The zero-order valence-electron chi connectivity index (χ0n) is 11.5. The van der Waals surface area contributed by atoms with Crippen LogP contribution in [0.3, 0.4) is 0 Å². The molecule has 2 aromatic rings. The first-order valence-electron chi connectivity index (χ1n) is 6.97. The van der Waals surface area contributed by atoms with Crippen molar-refractivity contribution >= 4 is 17.0 Å². The number of carboxylic acids is 1. The van der Waals surface area contributed by atoms with Gasteiger partial charge in [0, 0.05) is 6.42 Å². The van der Waals surface area contributed by atoms with Crippen LogP contribution in [0.25, 0.3) is 11.0 Å². The third-order valence-corrected chi connectivity index (χ3v) is 4.34. The number of rotatable bonds is 4. The minimum absolute atomic E-state index is 0.0722. The van der Waals surface area contributed by atoms with Gasteiger partial charge in [0.1, 0.15) is 5.82 Å². The van der Waals surface area contributed by atoms with Crippen LogP contribution in [0.2, 0.25) is 0 Å². The van der Waals surface area contributed by atoms with Crippen LogP contribution in [-0.4, -0.2) is 32.3 Å². The van der Waals surface area contributed by atoms with Gasteiger partial charge in [-0.3, -0.25) is 0 Å². The maximum absolute atomic E-state index is 11.2. The lowest BCUT2D eigenvalue weighted by Crippen LogP contribution is -2.44. The molecule has 1 fully saturated rings. The number of benzene rings is 1. The van der Waals surface area contributed by atoms with E-state index in [4.69, 9.17) is 5.11 Å². The summed E-state index contributed by atoms with van der Waals surface area (Å²) in [6.45, 7) is 2.10. The van der Waals surface area contributed by atoms with Gasteiger partial charge < -0.3 is 14.8 Å². The van der Waals surface area contributed by atoms with Gasteiger partial charge in [-0.05, 0) is 37.5 Å². The number of fused-ring (bicyclic) bond motifs is 1. The zero-order chi connectivity index (χ0) is 14.3. The number of aromatic nitrogens is 2. The maximum Gasteiger partial charge on any atom is 0.335 e. The highest BCUT2D eigenvalue weighted by atomic mass is 16.4. The molecule has 2 N–H and O–H groups in total. The minimum Gasteiger partial charge on any atom is -0.478 e. The molecule has 3 rings (SSSR count). The summed E-state index contributed by atoms with van der Waals surface area (Å²) < 4.78 is 2.07. The first kappa shape index (κ1) is 13.1. The van der Waals surface area contributed by atoms with Crippen LogP contribution in [0, 0.1) is 0 Å². The fourth-order valence-corrected chi connectivity index (χ4v) is 3.06. The monoisotopic (exact) mass is 274 g/mol. The predicted molar refractivity (Wildman–Crippen MR) is 75.0 cm³/mol. The number of hydrogen-bond donors (Lipinski definition) is 2. The van der Waals surface area contributed by atoms with Gasteiger partial charge in [-0.1, -0.05) is 6.92 Å². The highest BCUT2D eigenvalue weighted by Crippen LogP contribution is 2.42. The Morgan fingerprint density at radius 2 is 2.20 bits per heavy atom. The number of aliphatic hydroxyl groups excluding tert-OH is 1. The van der Waals surface area contributed by atoms with Crippen LogP contribution in [-0.2, 0) is 12.0 Å². The number of aryl methyl sites for hydroxylation is 1. The summed E-state index contributed by atoms with van der Waals surface area (Å²) in [5.74, 6) is -0.0272. The van der Waals surface area contributed by atoms with Crippen molar-refractivity contribution < 1.29 is 15.0 Å². The molecule has 1 heterocycles. The standard InChI is InChI=1S/C15H18N2O3/c1-2-13-16-11-5-4-10(14(19)20)8-12(11)17(13)15(9-18)6-3-7-15/h4-5,8,18H,2-3,6-7,9H2,1H3,(H,19,20). The van der Waals surface area contributed by atoms with E-state index < -0.39 is 5.97 Å². The van der Waals surface area contributed by atoms with Crippen LogP contribution < -0.4 is 0 Å². The average molecular weight is 274 g/mol. The van der Waals surface area contributed by atoms with Crippen LogP contribution in [0.4, 0.5) is 0 Å². The number of nitrogens with zero attached hydrogens (tertiary/aromatic N) is 2. The average Bonchev–Trinajstić information content (AvgIpc) is 2.76. The van der Waals surface area contributed by atoms with E-state index in [0.29, 0.717) is 0 Å². The van der Waals surface area contributed by atoms with E-state index in [1.165, 1.54) is 0 Å². The largest absolute Gasteiger partial charge is 0.478 e. The SMILES string of the molecule is CCc1nc2ccc(C(=O)O)cc2n1C1(CO)CCC1. The second-order valence-corrected chi connectivity index (χ2v) is 5.46. The van der Waals surface area contributed by atoms with Crippen molar-refractivity contribution in [3.8, 4) is 0 Å². The first-order chi connectivity index (χ1) is 9.61. The topological polar surface area (TPSA) is 75.3 Å². The molecule has 0 spiro atoms. The van der Waals surface area contributed by atoms with Crippen molar-refractivity contribution in [2.24, 2.45) is 0 Å². The summed E-state index contributed by atoms with van der Waals surface area (Å²) >= 11 is 0. The molecule has 0 saturated heterocycles. The lowest BCUT2D eigenvalue weighted by molar-refractivity contribution is 0.0564. The molecule has 0 atom stereocenters. The molecular formula is C15H18N2O3. The zero-order valence-corrected chi connectivity index (χ0v) is 11.5. The van der Waals surface area contributed by atoms with E-state index in [0.717, 1.165) is 42.5 Å². The quantitative estimate of drug-likeness (QED) is 0.896. The Balaban J connectivity index is 2.26. The van der Waals surface area contributed by atoms with E-state index in [1.807, 2.05) is 6.92 Å². The van der Waals surface area contributed by atoms with Gasteiger partial charge in [0.05, 0.1) is 28.7 Å². The third-order valence-electron chi connectivity index (χ3n) is 4.34. The van der Waals surface area contributed by atoms with E-state index in [2.05, 4.69) is 9.55 Å². The highest BCUT2D eigenvalue weighted by Gasteiger charge is 2.40. The highest BCUT2D eigenvalue weighted by molar-refractivity contribution is 5.92. The summed E-state index contributed by atoms with van der Waals surface area (Å²) in [4.78, 5) is 15.7. The summed E-state index contributed by atoms with van der Waals surface area (Å²) in [5, 5.41) is 19.0. The number of imidazole rings is 1. The summed E-state index contributed by atoms with van der Waals surface area (Å²) in [5.41, 5.74) is 1.58. The smallest absolute Gasteiger partial charge is 0.335 e. The third kappa shape index (κ3) is 1.73. The number of aromatic carboxylic acids is 1. The molecule has 1 aromatic carbocycles. The van der Waals surface area contributed by atoms with Crippen molar-refractivity contribution in [3.63, 3.8) is 0 Å². The fourth-order valence-electron chi connectivity index (χ4n) is 3.06. The molecule has 1 saturated carbocycles. The maximum atomic E-state index is 11.2. The molecule has 106 valence electrons. The summed E-state index contributed by atoms with van der Waals surface area (Å²) in [6.07, 6.45) is 3.68. The second kappa shape index (κ2) is 4.59. The minimum atomic E-state index is -0.940. The Hall–Kier alpha value is -1.88. The van der Waals surface area contributed by atoms with E-state index in [1.54, 1.807) is 18.2 Å². The van der Waals surface area contributed by atoms with Crippen molar-refractivity contribution in [3.05, 3.63) is 29.6 Å². The van der Waals surface area contributed by atoms with Gasteiger partial charge in [-0.15, -0.1) is 0 Å². The van der Waals surface area contributed by atoms with Gasteiger partial charge in [0.2, 0.25) is 0 Å². The predicted octanol–water partition coefficient (Wildman–Crippen LogP) is 2.17. The van der Waals surface area contributed by atoms with E-state index in [-0.39, 0.29) is 17.7 Å². The number of carboxylic acid groups (broad SMARTS) is 1. The molecule has 5 heteroatoms. The number of hydrogen-bond acceptors (Lipinski definition) is 3. The van der Waals surface area contributed by atoms with Crippen molar-refractivity contribution in [2.45, 2.75) is 38.1 Å². The van der Waals surface area contributed by atoms with Crippen LogP contribution in [0.5, 0.6) is 0 Å². The Morgan fingerprint density at radius 1 is 1.45 bits per heavy atom. The van der Waals surface area contributed by atoms with Gasteiger partial charge >= 0.3 is 5.97 Å². The molecule has 0 unspecified atom stereocenters. The molecule has 1 aliphatic carbocycles. The van der Waals surface area contributed by atoms with E-state index >= 15 is 0 Å². The van der Waals surface area contributed by atoms with Crippen molar-refractivity contribution in [1.29, 1.82) is 0 Å². The molecule has 20 heavy (non-hydrogen) atoms. The lowest BCUT2D eigenvalue weighted by atomic mass is 9.76. The molecule has 0 amide bonds. The van der Waals surface area contributed by atoms with Crippen LogP contribution in [0.15, 0.2) is 18.2 Å². The Bertz CT molecular complexity index is 666. The van der Waals surface area contributed by atoms with Gasteiger partial charge in [-0.25, -0.2) is 9.78 Å². The molecule has 1 aliphatic rings. The molecule has 5 nitrogen and oxygen atoms in total. The van der Waals surface area contributed by atoms with Gasteiger partial charge in [0.15, 0.2) is 0 Å². The summed E-state index contributed by atoms with van der Waals surface area (Å²) in [7, 11) is 0. The van der Waals surface area contributed by atoms with Gasteiger partial charge in [0.25, 0.3) is 0 Å².